The molecule has 0 bridgehead atoms. The van der Waals surface area contributed by atoms with Gasteiger partial charge in [0.15, 0.2) is 0 Å². The fourth-order valence-corrected chi connectivity index (χ4v) is 2.25. The SMILES string of the molecule is Cc1ccc(N2CCOC(C(C)(C)N(C)C)C2)cn1. The number of pyridine rings is 1. The summed E-state index contributed by atoms with van der Waals surface area (Å²) in [5, 5.41) is 0. The molecule has 1 unspecified atom stereocenters. The number of morpholine rings is 1. The van der Waals surface area contributed by atoms with Gasteiger partial charge in [0.2, 0.25) is 0 Å². The predicted molar refractivity (Wildman–Crippen MR) is 78.7 cm³/mol. The summed E-state index contributed by atoms with van der Waals surface area (Å²) in [4.78, 5) is 8.98. The lowest BCUT2D eigenvalue weighted by atomic mass is 9.94. The standard InChI is InChI=1S/C15H25N3O/c1-12-6-7-13(10-16-12)18-8-9-19-14(11-18)15(2,3)17(4)5/h6-7,10,14H,8-9,11H2,1-5H3. The summed E-state index contributed by atoms with van der Waals surface area (Å²) < 4.78 is 5.98. The number of aromatic nitrogens is 1. The Labute approximate surface area is 116 Å². The van der Waals surface area contributed by atoms with Crippen LogP contribution in [-0.2, 0) is 4.74 Å². The van der Waals surface area contributed by atoms with Crippen molar-refractivity contribution in [3.05, 3.63) is 24.0 Å². The van der Waals surface area contributed by atoms with E-state index in [4.69, 9.17) is 4.74 Å². The average molecular weight is 263 g/mol. The Balaban J connectivity index is 2.11. The Bertz CT molecular complexity index is 414. The van der Waals surface area contributed by atoms with Gasteiger partial charge >= 0.3 is 0 Å². The Morgan fingerprint density at radius 3 is 2.68 bits per heavy atom. The number of likely N-dealkylation sites (N-methyl/N-ethyl adjacent to an activating group) is 1. The van der Waals surface area contributed by atoms with Crippen molar-refractivity contribution in [3.8, 4) is 0 Å². The molecule has 0 amide bonds. The number of aryl methyl sites for hydroxylation is 1. The molecule has 2 heterocycles. The molecule has 0 aromatic carbocycles. The van der Waals surface area contributed by atoms with Crippen molar-refractivity contribution in [1.82, 2.24) is 9.88 Å². The molecule has 1 saturated heterocycles. The summed E-state index contributed by atoms with van der Waals surface area (Å²) in [5.41, 5.74) is 2.27. The van der Waals surface area contributed by atoms with Gasteiger partial charge in [0.25, 0.3) is 0 Å². The van der Waals surface area contributed by atoms with E-state index in [0.717, 1.165) is 25.4 Å². The minimum absolute atomic E-state index is 0.0246. The maximum Gasteiger partial charge on any atom is 0.0928 e. The zero-order chi connectivity index (χ0) is 14.0. The third-order valence-electron chi connectivity index (χ3n) is 4.27. The van der Waals surface area contributed by atoms with Crippen LogP contribution < -0.4 is 4.90 Å². The summed E-state index contributed by atoms with van der Waals surface area (Å²) >= 11 is 0. The van der Waals surface area contributed by atoms with Crippen LogP contribution >= 0.6 is 0 Å². The molecule has 1 fully saturated rings. The van der Waals surface area contributed by atoms with Crippen LogP contribution in [0, 0.1) is 6.92 Å². The molecule has 1 atom stereocenters. The van der Waals surface area contributed by atoms with Crippen LogP contribution in [0.25, 0.3) is 0 Å². The van der Waals surface area contributed by atoms with E-state index < -0.39 is 0 Å². The molecule has 4 heteroatoms. The Hall–Kier alpha value is -1.13. The first-order chi connectivity index (χ1) is 8.91. The highest BCUT2D eigenvalue weighted by atomic mass is 16.5. The van der Waals surface area contributed by atoms with Gasteiger partial charge in [0.1, 0.15) is 0 Å². The van der Waals surface area contributed by atoms with E-state index in [0.29, 0.717) is 0 Å². The molecule has 2 rings (SSSR count). The third-order valence-corrected chi connectivity index (χ3v) is 4.27. The number of ether oxygens (including phenoxy) is 1. The van der Waals surface area contributed by atoms with Crippen molar-refractivity contribution in [2.45, 2.75) is 32.4 Å². The fourth-order valence-electron chi connectivity index (χ4n) is 2.25. The summed E-state index contributed by atoms with van der Waals surface area (Å²) in [6.07, 6.45) is 2.16. The second-order valence-electron chi connectivity index (χ2n) is 6.01. The highest BCUT2D eigenvalue weighted by Gasteiger charge is 2.36. The van der Waals surface area contributed by atoms with E-state index in [-0.39, 0.29) is 11.6 Å². The molecule has 1 aromatic heterocycles. The van der Waals surface area contributed by atoms with E-state index in [1.807, 2.05) is 13.1 Å². The first-order valence-electron chi connectivity index (χ1n) is 6.88. The van der Waals surface area contributed by atoms with Crippen molar-refractivity contribution >= 4 is 5.69 Å². The number of nitrogens with zero attached hydrogens (tertiary/aromatic N) is 3. The van der Waals surface area contributed by atoms with Crippen molar-refractivity contribution in [3.63, 3.8) is 0 Å². The lowest BCUT2D eigenvalue weighted by Gasteiger charge is -2.45. The molecule has 0 radical (unpaired) electrons. The van der Waals surface area contributed by atoms with E-state index >= 15 is 0 Å². The molecule has 0 spiro atoms. The van der Waals surface area contributed by atoms with Crippen molar-refractivity contribution in [2.75, 3.05) is 38.7 Å². The van der Waals surface area contributed by atoms with Crippen molar-refractivity contribution in [2.24, 2.45) is 0 Å². The van der Waals surface area contributed by atoms with Crippen LogP contribution in [0.1, 0.15) is 19.5 Å². The van der Waals surface area contributed by atoms with E-state index in [1.54, 1.807) is 0 Å². The Kier molecular flexibility index (Phi) is 4.11. The molecule has 0 N–H and O–H groups in total. The molecule has 19 heavy (non-hydrogen) atoms. The van der Waals surface area contributed by atoms with Crippen LogP contribution in [-0.4, -0.2) is 55.3 Å². The second-order valence-corrected chi connectivity index (χ2v) is 6.01. The Morgan fingerprint density at radius 2 is 2.11 bits per heavy atom. The summed E-state index contributed by atoms with van der Waals surface area (Å²) in [6.45, 7) is 9.10. The van der Waals surface area contributed by atoms with Gasteiger partial charge in [-0.05, 0) is 47.0 Å². The van der Waals surface area contributed by atoms with E-state index in [9.17, 15) is 0 Å². The number of rotatable bonds is 3. The summed E-state index contributed by atoms with van der Waals surface area (Å²) in [6, 6.07) is 4.21. The highest BCUT2D eigenvalue weighted by molar-refractivity contribution is 5.45. The van der Waals surface area contributed by atoms with Crippen molar-refractivity contribution in [1.29, 1.82) is 0 Å². The molecular formula is C15H25N3O. The first-order valence-corrected chi connectivity index (χ1v) is 6.88. The molecule has 0 aliphatic carbocycles. The number of hydrogen-bond acceptors (Lipinski definition) is 4. The van der Waals surface area contributed by atoms with Crippen LogP contribution in [0.3, 0.4) is 0 Å². The van der Waals surface area contributed by atoms with Gasteiger partial charge in [-0.1, -0.05) is 0 Å². The topological polar surface area (TPSA) is 28.6 Å². The monoisotopic (exact) mass is 263 g/mol. The van der Waals surface area contributed by atoms with E-state index in [2.05, 4.69) is 54.9 Å². The molecular weight excluding hydrogens is 238 g/mol. The normalized spacial score (nSPS) is 20.9. The van der Waals surface area contributed by atoms with Gasteiger partial charge in [-0.15, -0.1) is 0 Å². The van der Waals surface area contributed by atoms with E-state index in [1.165, 1.54) is 5.69 Å². The molecule has 4 nitrogen and oxygen atoms in total. The highest BCUT2D eigenvalue weighted by Crippen LogP contribution is 2.25. The molecule has 1 aliphatic heterocycles. The maximum atomic E-state index is 5.98. The molecule has 106 valence electrons. The zero-order valence-electron chi connectivity index (χ0n) is 12.7. The van der Waals surface area contributed by atoms with Gasteiger partial charge in [-0.25, -0.2) is 0 Å². The van der Waals surface area contributed by atoms with Gasteiger partial charge < -0.3 is 14.5 Å². The van der Waals surface area contributed by atoms with Gasteiger partial charge in [0.05, 0.1) is 24.6 Å². The largest absolute Gasteiger partial charge is 0.373 e. The molecule has 0 saturated carbocycles. The van der Waals surface area contributed by atoms with Crippen LogP contribution in [0.5, 0.6) is 0 Å². The third kappa shape index (κ3) is 3.07. The van der Waals surface area contributed by atoms with Crippen LogP contribution in [0.4, 0.5) is 5.69 Å². The van der Waals surface area contributed by atoms with Gasteiger partial charge in [0, 0.05) is 24.3 Å². The van der Waals surface area contributed by atoms with Gasteiger partial charge in [-0.3, -0.25) is 4.98 Å². The average Bonchev–Trinajstić information content (AvgIpc) is 2.39. The maximum absolute atomic E-state index is 5.98. The minimum atomic E-state index is 0.0246. The summed E-state index contributed by atoms with van der Waals surface area (Å²) in [5.74, 6) is 0. The molecule has 1 aliphatic rings. The van der Waals surface area contributed by atoms with Gasteiger partial charge in [-0.2, -0.15) is 0 Å². The lowest BCUT2D eigenvalue weighted by Crippen LogP contribution is -2.57. The lowest BCUT2D eigenvalue weighted by molar-refractivity contribution is -0.0484. The summed E-state index contributed by atoms with van der Waals surface area (Å²) in [7, 11) is 4.21. The first kappa shape index (κ1) is 14.3. The predicted octanol–water partition coefficient (Wildman–Crippen LogP) is 1.94. The smallest absolute Gasteiger partial charge is 0.0928 e. The zero-order valence-corrected chi connectivity index (χ0v) is 12.7. The van der Waals surface area contributed by atoms with Crippen molar-refractivity contribution < 1.29 is 4.74 Å². The van der Waals surface area contributed by atoms with Crippen LogP contribution in [0.15, 0.2) is 18.3 Å². The fraction of sp³-hybridized carbons (Fsp3) is 0.667. The quantitative estimate of drug-likeness (QED) is 0.833. The minimum Gasteiger partial charge on any atom is -0.373 e. The second kappa shape index (κ2) is 5.47. The number of hydrogen-bond donors (Lipinski definition) is 0. The number of anilines is 1. The molecule has 1 aromatic rings. The van der Waals surface area contributed by atoms with Crippen LogP contribution in [0.2, 0.25) is 0 Å². The Morgan fingerprint density at radius 1 is 1.37 bits per heavy atom.